The standard InChI is InChI=1S/C20H18F3N5O3/c21-15-9-12(18-10-24-7-8-30-18)1-6-16(15)25-19(29)17-11-28(27-26-17)13-2-4-14(5-3-13)31-20(22)23/h1-6,9,11,18,20,24H,7-8,10H2,(H,25,29)/t18-/m1/s1. The zero-order valence-corrected chi connectivity index (χ0v) is 16.1. The molecule has 8 nitrogen and oxygen atoms in total. The van der Waals surface area contributed by atoms with E-state index in [2.05, 4.69) is 25.7 Å². The number of alkyl halides is 2. The van der Waals surface area contributed by atoms with Crippen molar-refractivity contribution in [3.8, 4) is 11.4 Å². The molecule has 2 heterocycles. The van der Waals surface area contributed by atoms with Gasteiger partial charge < -0.3 is 20.1 Å². The fourth-order valence-electron chi connectivity index (χ4n) is 3.07. The Balaban J connectivity index is 1.43. The van der Waals surface area contributed by atoms with Crippen LogP contribution in [0.15, 0.2) is 48.7 Å². The first kappa shape index (κ1) is 20.8. The quantitative estimate of drug-likeness (QED) is 0.621. The molecule has 3 aromatic rings. The van der Waals surface area contributed by atoms with E-state index in [1.54, 1.807) is 6.07 Å². The molecule has 162 valence electrons. The van der Waals surface area contributed by atoms with E-state index in [1.807, 2.05) is 0 Å². The van der Waals surface area contributed by atoms with Gasteiger partial charge in [-0.2, -0.15) is 8.78 Å². The summed E-state index contributed by atoms with van der Waals surface area (Å²) in [7, 11) is 0. The SMILES string of the molecule is O=C(Nc1ccc([C@H]2CNCCO2)cc1F)c1cn(-c2ccc(OC(F)F)cc2)nn1. The van der Waals surface area contributed by atoms with Gasteiger partial charge in [0.25, 0.3) is 5.91 Å². The maximum absolute atomic E-state index is 14.5. The number of rotatable bonds is 6. The van der Waals surface area contributed by atoms with Gasteiger partial charge in [0.1, 0.15) is 11.6 Å². The molecule has 1 saturated heterocycles. The summed E-state index contributed by atoms with van der Waals surface area (Å²) in [4.78, 5) is 12.4. The zero-order chi connectivity index (χ0) is 21.8. The van der Waals surface area contributed by atoms with Gasteiger partial charge in [0.2, 0.25) is 0 Å². The number of nitrogens with one attached hydrogen (secondary N) is 2. The molecule has 2 N–H and O–H groups in total. The monoisotopic (exact) mass is 433 g/mol. The molecule has 0 bridgehead atoms. The van der Waals surface area contributed by atoms with E-state index in [-0.39, 0.29) is 23.2 Å². The minimum Gasteiger partial charge on any atom is -0.435 e. The van der Waals surface area contributed by atoms with E-state index in [4.69, 9.17) is 4.74 Å². The Bertz CT molecular complexity index is 1050. The highest BCUT2D eigenvalue weighted by molar-refractivity contribution is 6.02. The molecule has 1 atom stereocenters. The molecule has 0 radical (unpaired) electrons. The van der Waals surface area contributed by atoms with Crippen LogP contribution in [-0.2, 0) is 4.74 Å². The Kier molecular flexibility index (Phi) is 6.14. The predicted octanol–water partition coefficient (Wildman–Crippen LogP) is 2.92. The lowest BCUT2D eigenvalue weighted by Crippen LogP contribution is -2.33. The summed E-state index contributed by atoms with van der Waals surface area (Å²) in [5.74, 6) is -1.25. The van der Waals surface area contributed by atoms with Gasteiger partial charge in [0, 0.05) is 13.1 Å². The van der Waals surface area contributed by atoms with Crippen molar-refractivity contribution in [2.24, 2.45) is 0 Å². The molecule has 31 heavy (non-hydrogen) atoms. The van der Waals surface area contributed by atoms with Gasteiger partial charge >= 0.3 is 6.61 Å². The van der Waals surface area contributed by atoms with E-state index >= 15 is 0 Å². The second-order valence-electron chi connectivity index (χ2n) is 6.68. The van der Waals surface area contributed by atoms with Crippen LogP contribution in [0.1, 0.15) is 22.2 Å². The summed E-state index contributed by atoms with van der Waals surface area (Å²) >= 11 is 0. The van der Waals surface area contributed by atoms with Crippen molar-refractivity contribution in [1.29, 1.82) is 0 Å². The van der Waals surface area contributed by atoms with Crippen LogP contribution in [0.4, 0.5) is 18.9 Å². The summed E-state index contributed by atoms with van der Waals surface area (Å²) in [6.07, 6.45) is 1.09. The third-order valence-corrected chi connectivity index (χ3v) is 4.59. The molecule has 1 aromatic heterocycles. The number of hydrogen-bond acceptors (Lipinski definition) is 6. The Morgan fingerprint density at radius 2 is 2.06 bits per heavy atom. The van der Waals surface area contributed by atoms with Crippen molar-refractivity contribution in [2.75, 3.05) is 25.0 Å². The highest BCUT2D eigenvalue weighted by Gasteiger charge is 2.19. The van der Waals surface area contributed by atoms with Crippen molar-refractivity contribution < 1.29 is 27.4 Å². The first-order valence-corrected chi connectivity index (χ1v) is 9.40. The van der Waals surface area contributed by atoms with Crippen molar-refractivity contribution in [3.63, 3.8) is 0 Å². The van der Waals surface area contributed by atoms with Gasteiger partial charge in [-0.25, -0.2) is 9.07 Å². The number of anilines is 1. The van der Waals surface area contributed by atoms with Crippen molar-refractivity contribution in [1.82, 2.24) is 20.3 Å². The number of carbonyl (C=O) groups excluding carboxylic acids is 1. The first-order chi connectivity index (χ1) is 15.0. The molecular weight excluding hydrogens is 415 g/mol. The lowest BCUT2D eigenvalue weighted by Gasteiger charge is -2.24. The van der Waals surface area contributed by atoms with E-state index in [0.29, 0.717) is 24.4 Å². The highest BCUT2D eigenvalue weighted by Crippen LogP contribution is 2.24. The van der Waals surface area contributed by atoms with Crippen LogP contribution in [0.2, 0.25) is 0 Å². The number of ether oxygens (including phenoxy) is 2. The lowest BCUT2D eigenvalue weighted by atomic mass is 10.1. The van der Waals surface area contributed by atoms with E-state index in [9.17, 15) is 18.0 Å². The second kappa shape index (κ2) is 9.14. The normalized spacial score (nSPS) is 16.3. The van der Waals surface area contributed by atoms with Crippen LogP contribution < -0.4 is 15.4 Å². The van der Waals surface area contributed by atoms with Crippen LogP contribution in [0.25, 0.3) is 5.69 Å². The molecule has 4 rings (SSSR count). The fourth-order valence-corrected chi connectivity index (χ4v) is 3.07. The molecule has 0 spiro atoms. The Labute approximate surface area is 175 Å². The van der Waals surface area contributed by atoms with Crippen LogP contribution in [0, 0.1) is 5.82 Å². The van der Waals surface area contributed by atoms with Gasteiger partial charge in [-0.1, -0.05) is 11.3 Å². The van der Waals surface area contributed by atoms with Gasteiger partial charge in [0.15, 0.2) is 5.69 Å². The average Bonchev–Trinajstić information content (AvgIpc) is 3.26. The predicted molar refractivity (Wildman–Crippen MR) is 104 cm³/mol. The van der Waals surface area contributed by atoms with Crippen molar-refractivity contribution in [2.45, 2.75) is 12.7 Å². The zero-order valence-electron chi connectivity index (χ0n) is 16.1. The van der Waals surface area contributed by atoms with Gasteiger partial charge in [-0.3, -0.25) is 4.79 Å². The van der Waals surface area contributed by atoms with Crippen LogP contribution in [0.5, 0.6) is 5.75 Å². The molecule has 11 heteroatoms. The molecular formula is C20H18F3N5O3. The topological polar surface area (TPSA) is 90.3 Å². The molecule has 2 aromatic carbocycles. The summed E-state index contributed by atoms with van der Waals surface area (Å²) in [5, 5.41) is 13.3. The Morgan fingerprint density at radius 3 is 2.74 bits per heavy atom. The van der Waals surface area contributed by atoms with Crippen molar-refractivity contribution in [3.05, 3.63) is 65.7 Å². The molecule has 0 aliphatic carbocycles. The van der Waals surface area contributed by atoms with Crippen molar-refractivity contribution >= 4 is 11.6 Å². The lowest BCUT2D eigenvalue weighted by molar-refractivity contribution is -0.0498. The number of carbonyl (C=O) groups is 1. The summed E-state index contributed by atoms with van der Waals surface area (Å²) in [6.45, 7) is -1.04. The number of hydrogen-bond donors (Lipinski definition) is 2. The summed E-state index contributed by atoms with van der Waals surface area (Å²) < 4.78 is 50.1. The minimum atomic E-state index is -2.92. The molecule has 0 unspecified atom stereocenters. The van der Waals surface area contributed by atoms with Gasteiger partial charge in [-0.05, 0) is 42.0 Å². The van der Waals surface area contributed by atoms with Crippen LogP contribution >= 0.6 is 0 Å². The summed E-state index contributed by atoms with van der Waals surface area (Å²) in [6, 6.07) is 10.1. The second-order valence-corrected chi connectivity index (χ2v) is 6.68. The third kappa shape index (κ3) is 5.01. The van der Waals surface area contributed by atoms with E-state index < -0.39 is 18.3 Å². The number of halogens is 3. The highest BCUT2D eigenvalue weighted by atomic mass is 19.3. The van der Waals surface area contributed by atoms with Gasteiger partial charge in [0.05, 0.1) is 30.3 Å². The molecule has 1 amide bonds. The fraction of sp³-hybridized carbons (Fsp3) is 0.250. The maximum Gasteiger partial charge on any atom is 0.387 e. The van der Waals surface area contributed by atoms with Crippen LogP contribution in [-0.4, -0.2) is 47.2 Å². The largest absolute Gasteiger partial charge is 0.435 e. The van der Waals surface area contributed by atoms with Crippen LogP contribution in [0.3, 0.4) is 0 Å². The van der Waals surface area contributed by atoms with E-state index in [1.165, 1.54) is 47.3 Å². The minimum absolute atomic E-state index is 0.000527. The molecule has 1 fully saturated rings. The number of nitrogens with zero attached hydrogens (tertiary/aromatic N) is 3. The van der Waals surface area contributed by atoms with Gasteiger partial charge in [-0.15, -0.1) is 5.10 Å². The first-order valence-electron chi connectivity index (χ1n) is 9.40. The summed E-state index contributed by atoms with van der Waals surface area (Å²) in [5.41, 5.74) is 1.11. The smallest absolute Gasteiger partial charge is 0.387 e. The van der Waals surface area contributed by atoms with E-state index in [0.717, 1.165) is 6.54 Å². The number of morpholine rings is 1. The number of benzene rings is 2. The molecule has 1 aliphatic rings. The molecule has 0 saturated carbocycles. The molecule has 1 aliphatic heterocycles. The Hall–Kier alpha value is -3.44. The Morgan fingerprint density at radius 1 is 1.26 bits per heavy atom. The maximum atomic E-state index is 14.5. The number of amides is 1. The average molecular weight is 433 g/mol. The number of aromatic nitrogens is 3. The third-order valence-electron chi connectivity index (χ3n) is 4.59.